The van der Waals surface area contributed by atoms with Gasteiger partial charge in [0.2, 0.25) is 0 Å². The molecule has 0 aliphatic carbocycles. The van der Waals surface area contributed by atoms with E-state index < -0.39 is 5.97 Å². The van der Waals surface area contributed by atoms with Gasteiger partial charge in [0.25, 0.3) is 5.91 Å². The molecule has 0 saturated carbocycles. The minimum absolute atomic E-state index is 0.112. The van der Waals surface area contributed by atoms with Crippen LogP contribution in [0.25, 0.3) is 0 Å². The molecule has 1 heterocycles. The maximum Gasteiger partial charge on any atom is 0.305 e. The number of hydrogen-bond acceptors (Lipinski definition) is 3. The van der Waals surface area contributed by atoms with Gasteiger partial charge in [-0.2, -0.15) is 0 Å². The fourth-order valence-electron chi connectivity index (χ4n) is 2.07. The first-order chi connectivity index (χ1) is 10.5. The molecule has 6 heteroatoms. The zero-order valence-electron chi connectivity index (χ0n) is 12.1. The molecular weight excluding hydrogens is 350 g/mol. The summed E-state index contributed by atoms with van der Waals surface area (Å²) < 4.78 is 6.13. The van der Waals surface area contributed by atoms with Crippen LogP contribution in [-0.2, 0) is 11.3 Å². The van der Waals surface area contributed by atoms with Crippen LogP contribution < -0.4 is 0 Å². The van der Waals surface area contributed by atoms with Crippen molar-refractivity contribution in [1.82, 2.24) is 4.90 Å². The number of benzene rings is 1. The molecule has 0 unspecified atom stereocenters. The minimum atomic E-state index is -0.941. The first-order valence-electron chi connectivity index (χ1n) is 6.77. The Morgan fingerprint density at radius 3 is 2.68 bits per heavy atom. The summed E-state index contributed by atoms with van der Waals surface area (Å²) in [5, 5.41) is 8.87. The molecule has 0 fully saturated rings. The van der Waals surface area contributed by atoms with E-state index in [0.717, 1.165) is 15.6 Å². The number of halogens is 1. The zero-order valence-corrected chi connectivity index (χ0v) is 13.7. The van der Waals surface area contributed by atoms with Gasteiger partial charge < -0.3 is 14.4 Å². The van der Waals surface area contributed by atoms with Crippen molar-refractivity contribution in [2.45, 2.75) is 19.9 Å². The van der Waals surface area contributed by atoms with E-state index in [4.69, 9.17) is 9.52 Å². The first kappa shape index (κ1) is 16.3. The molecule has 0 saturated heterocycles. The Morgan fingerprint density at radius 1 is 1.32 bits per heavy atom. The Bertz CT molecular complexity index is 680. The molecule has 2 aromatic rings. The molecule has 116 valence electrons. The molecule has 1 aromatic carbocycles. The number of hydrogen-bond donors (Lipinski definition) is 1. The van der Waals surface area contributed by atoms with Gasteiger partial charge in [0.15, 0.2) is 5.76 Å². The minimum Gasteiger partial charge on any atom is -0.481 e. The topological polar surface area (TPSA) is 70.8 Å². The summed E-state index contributed by atoms with van der Waals surface area (Å²) in [6.45, 7) is 2.23. The van der Waals surface area contributed by atoms with Crippen LogP contribution in [0.15, 0.2) is 45.5 Å². The second kappa shape index (κ2) is 7.26. The monoisotopic (exact) mass is 365 g/mol. The largest absolute Gasteiger partial charge is 0.481 e. The number of carboxylic acids is 1. The van der Waals surface area contributed by atoms with Crippen molar-refractivity contribution in [2.75, 3.05) is 6.54 Å². The summed E-state index contributed by atoms with van der Waals surface area (Å²) in [5.41, 5.74) is 1.65. The van der Waals surface area contributed by atoms with Crippen molar-refractivity contribution in [2.24, 2.45) is 0 Å². The van der Waals surface area contributed by atoms with Gasteiger partial charge in [-0.25, -0.2) is 0 Å². The highest BCUT2D eigenvalue weighted by atomic mass is 79.9. The van der Waals surface area contributed by atoms with E-state index in [2.05, 4.69) is 15.9 Å². The SMILES string of the molecule is Cc1ccoc1C(=O)N(CCC(=O)O)Cc1cccc(Br)c1. The van der Waals surface area contributed by atoms with Crippen LogP contribution in [0.5, 0.6) is 0 Å². The molecular formula is C16H16BrNO4. The predicted molar refractivity (Wildman–Crippen MR) is 84.6 cm³/mol. The Hall–Kier alpha value is -2.08. The molecule has 2 rings (SSSR count). The van der Waals surface area contributed by atoms with E-state index in [-0.39, 0.29) is 24.6 Å². The fourth-order valence-corrected chi connectivity index (χ4v) is 2.52. The van der Waals surface area contributed by atoms with Crippen molar-refractivity contribution < 1.29 is 19.1 Å². The summed E-state index contributed by atoms with van der Waals surface area (Å²) >= 11 is 3.39. The number of furan rings is 1. The lowest BCUT2D eigenvalue weighted by molar-refractivity contribution is -0.137. The van der Waals surface area contributed by atoms with Crippen molar-refractivity contribution in [3.8, 4) is 0 Å². The van der Waals surface area contributed by atoms with E-state index in [1.807, 2.05) is 24.3 Å². The van der Waals surface area contributed by atoms with Crippen LogP contribution >= 0.6 is 15.9 Å². The Balaban J connectivity index is 2.20. The molecule has 0 aliphatic heterocycles. The summed E-state index contributed by atoms with van der Waals surface area (Å²) in [4.78, 5) is 24.9. The van der Waals surface area contributed by atoms with Gasteiger partial charge in [-0.15, -0.1) is 0 Å². The van der Waals surface area contributed by atoms with E-state index >= 15 is 0 Å². The van der Waals surface area contributed by atoms with E-state index in [1.54, 1.807) is 13.0 Å². The lowest BCUT2D eigenvalue weighted by atomic mass is 10.2. The number of carbonyl (C=O) groups excluding carboxylic acids is 1. The third-order valence-corrected chi connectivity index (χ3v) is 3.69. The van der Waals surface area contributed by atoms with Crippen molar-refractivity contribution >= 4 is 27.8 Å². The maximum atomic E-state index is 12.6. The molecule has 1 N–H and O–H groups in total. The molecule has 0 radical (unpaired) electrons. The van der Waals surface area contributed by atoms with Crippen LogP contribution in [0.4, 0.5) is 0 Å². The lowest BCUT2D eigenvalue weighted by Gasteiger charge is -2.21. The maximum absolute atomic E-state index is 12.6. The number of amides is 1. The Kier molecular flexibility index (Phi) is 5.38. The Morgan fingerprint density at radius 2 is 2.09 bits per heavy atom. The van der Waals surface area contributed by atoms with Crippen LogP contribution in [-0.4, -0.2) is 28.4 Å². The number of carboxylic acid groups (broad SMARTS) is 1. The first-order valence-corrected chi connectivity index (χ1v) is 7.56. The second-order valence-corrected chi connectivity index (χ2v) is 5.85. The average Bonchev–Trinajstić information content (AvgIpc) is 2.88. The molecule has 0 spiro atoms. The third-order valence-electron chi connectivity index (χ3n) is 3.20. The Labute approximate surface area is 136 Å². The van der Waals surface area contributed by atoms with E-state index in [9.17, 15) is 9.59 Å². The molecule has 5 nitrogen and oxygen atoms in total. The van der Waals surface area contributed by atoms with Crippen molar-refractivity contribution in [3.63, 3.8) is 0 Å². The van der Waals surface area contributed by atoms with Crippen LogP contribution in [0.1, 0.15) is 28.1 Å². The number of carbonyl (C=O) groups is 2. The summed E-state index contributed by atoms with van der Waals surface area (Å²) in [6, 6.07) is 9.26. The predicted octanol–water partition coefficient (Wildman–Crippen LogP) is 3.47. The van der Waals surface area contributed by atoms with E-state index in [0.29, 0.717) is 6.54 Å². The number of rotatable bonds is 6. The van der Waals surface area contributed by atoms with Crippen molar-refractivity contribution in [1.29, 1.82) is 0 Å². The van der Waals surface area contributed by atoms with Crippen molar-refractivity contribution in [3.05, 3.63) is 58.0 Å². The van der Waals surface area contributed by atoms with Gasteiger partial charge in [0.05, 0.1) is 12.7 Å². The highest BCUT2D eigenvalue weighted by molar-refractivity contribution is 9.10. The van der Waals surface area contributed by atoms with Gasteiger partial charge in [-0.1, -0.05) is 28.1 Å². The van der Waals surface area contributed by atoms with Gasteiger partial charge in [-0.3, -0.25) is 9.59 Å². The highest BCUT2D eigenvalue weighted by Crippen LogP contribution is 2.17. The summed E-state index contributed by atoms with van der Waals surface area (Å²) in [6.07, 6.45) is 1.34. The smallest absolute Gasteiger partial charge is 0.305 e. The second-order valence-electron chi connectivity index (χ2n) is 4.93. The molecule has 0 atom stereocenters. The zero-order chi connectivity index (χ0) is 16.1. The number of aryl methyl sites for hydroxylation is 1. The standard InChI is InChI=1S/C16H16BrNO4/c1-11-6-8-22-15(11)16(21)18(7-5-14(19)20)10-12-3-2-4-13(17)9-12/h2-4,6,8-9H,5,7,10H2,1H3,(H,19,20). The molecule has 0 bridgehead atoms. The quantitative estimate of drug-likeness (QED) is 0.850. The lowest BCUT2D eigenvalue weighted by Crippen LogP contribution is -2.32. The van der Waals surface area contributed by atoms with Gasteiger partial charge in [0.1, 0.15) is 0 Å². The fraction of sp³-hybridized carbons (Fsp3) is 0.250. The van der Waals surface area contributed by atoms with Gasteiger partial charge in [0, 0.05) is 23.1 Å². The number of nitrogens with zero attached hydrogens (tertiary/aromatic N) is 1. The highest BCUT2D eigenvalue weighted by Gasteiger charge is 2.21. The van der Waals surface area contributed by atoms with Gasteiger partial charge in [-0.05, 0) is 30.7 Å². The van der Waals surface area contributed by atoms with Crippen LogP contribution in [0.3, 0.4) is 0 Å². The molecule has 0 aliphatic rings. The van der Waals surface area contributed by atoms with Gasteiger partial charge >= 0.3 is 5.97 Å². The normalized spacial score (nSPS) is 10.5. The van der Waals surface area contributed by atoms with E-state index in [1.165, 1.54) is 11.2 Å². The number of aliphatic carboxylic acids is 1. The summed E-state index contributed by atoms with van der Waals surface area (Å²) in [5.74, 6) is -0.993. The molecule has 1 aromatic heterocycles. The summed E-state index contributed by atoms with van der Waals surface area (Å²) in [7, 11) is 0. The third kappa shape index (κ3) is 4.21. The van der Waals surface area contributed by atoms with Crippen LogP contribution in [0.2, 0.25) is 0 Å². The average molecular weight is 366 g/mol. The molecule has 22 heavy (non-hydrogen) atoms. The van der Waals surface area contributed by atoms with Crippen LogP contribution in [0, 0.1) is 6.92 Å². The molecule has 1 amide bonds.